The van der Waals surface area contributed by atoms with Crippen LogP contribution in [0.1, 0.15) is 19.3 Å². The molecule has 11 heteroatoms. The highest BCUT2D eigenvalue weighted by molar-refractivity contribution is 5.92. The Morgan fingerprint density at radius 2 is 2.14 bits per heavy atom. The number of likely N-dealkylation sites (tertiary alicyclic amines) is 1. The number of likely N-dealkylation sites (N-methyl/N-ethyl adjacent to an activating group) is 1. The summed E-state index contributed by atoms with van der Waals surface area (Å²) in [5.74, 6) is -1.29. The van der Waals surface area contributed by atoms with E-state index in [9.17, 15) is 9.50 Å². The predicted octanol–water partition coefficient (Wildman–Crippen LogP) is 2.84. The molecule has 0 saturated carbocycles. The summed E-state index contributed by atoms with van der Waals surface area (Å²) in [6.07, 6.45) is 3.81. The van der Waals surface area contributed by atoms with E-state index in [4.69, 9.17) is 10.00 Å². The molecule has 3 aromatic rings. The van der Waals surface area contributed by atoms with E-state index in [1.807, 2.05) is 11.9 Å². The van der Waals surface area contributed by atoms with Crippen molar-refractivity contribution in [1.82, 2.24) is 25.2 Å². The molecule has 0 radical (unpaired) electrons. The van der Waals surface area contributed by atoms with Crippen molar-refractivity contribution in [1.29, 1.82) is 5.26 Å². The number of phenols is 1. The van der Waals surface area contributed by atoms with Gasteiger partial charge in [0.15, 0.2) is 5.82 Å². The fraction of sp³-hybridized carbons (Fsp3) is 0.440. The number of nitrogens with one attached hydrogen (secondary N) is 1. The summed E-state index contributed by atoms with van der Waals surface area (Å²) < 4.78 is 36.3. The second-order valence-corrected chi connectivity index (χ2v) is 9.22. The maximum atomic E-state index is 15.9. The number of phenolic OH excluding ortho intramolecular Hbond substituents is 1. The molecular weight excluding hydrogens is 468 g/mol. The maximum absolute atomic E-state index is 15.9. The summed E-state index contributed by atoms with van der Waals surface area (Å²) in [6, 6.07) is 5.73. The third kappa shape index (κ3) is 4.74. The fourth-order valence-electron chi connectivity index (χ4n) is 4.84. The van der Waals surface area contributed by atoms with Gasteiger partial charge in [0.25, 0.3) is 0 Å². The first kappa shape index (κ1) is 24.1. The number of hydrogen-bond acceptors (Lipinski definition) is 9. The van der Waals surface area contributed by atoms with Crippen molar-refractivity contribution in [2.75, 3.05) is 44.7 Å². The van der Waals surface area contributed by atoms with E-state index < -0.39 is 11.6 Å². The molecule has 0 aliphatic carbocycles. The lowest BCUT2D eigenvalue weighted by molar-refractivity contribution is 0.188. The third-order valence-electron chi connectivity index (χ3n) is 6.82. The molecule has 5 rings (SSSR count). The lowest BCUT2D eigenvalue weighted by atomic mass is 10.1. The maximum Gasteiger partial charge on any atom is 0.319 e. The number of nitrogens with zero attached hydrogens (tertiary/aromatic N) is 6. The number of hydrogen-bond donors (Lipinski definition) is 2. The summed E-state index contributed by atoms with van der Waals surface area (Å²) in [7, 11) is 2.03. The quantitative estimate of drug-likeness (QED) is 0.533. The first-order valence-electron chi connectivity index (χ1n) is 12.0. The van der Waals surface area contributed by atoms with Crippen molar-refractivity contribution in [2.45, 2.75) is 31.3 Å². The van der Waals surface area contributed by atoms with Crippen LogP contribution in [-0.4, -0.2) is 76.9 Å². The topological polar surface area (TPSA) is 110 Å². The first-order valence-corrected chi connectivity index (χ1v) is 12.0. The second kappa shape index (κ2) is 10.2. The Labute approximate surface area is 207 Å². The van der Waals surface area contributed by atoms with Gasteiger partial charge in [-0.2, -0.15) is 15.2 Å². The molecule has 36 heavy (non-hydrogen) atoms. The molecule has 9 nitrogen and oxygen atoms in total. The molecule has 0 unspecified atom stereocenters. The van der Waals surface area contributed by atoms with Gasteiger partial charge < -0.3 is 25.0 Å². The number of benzene rings is 1. The molecule has 2 aromatic heterocycles. The summed E-state index contributed by atoms with van der Waals surface area (Å²) in [5, 5.41) is 22.6. The number of piperazine rings is 1. The van der Waals surface area contributed by atoms with Gasteiger partial charge in [0, 0.05) is 43.5 Å². The zero-order valence-electron chi connectivity index (χ0n) is 19.9. The van der Waals surface area contributed by atoms with Gasteiger partial charge in [0.1, 0.15) is 35.2 Å². The average Bonchev–Trinajstić information content (AvgIpc) is 3.29. The predicted molar refractivity (Wildman–Crippen MR) is 130 cm³/mol. The Balaban J connectivity index is 1.58. The van der Waals surface area contributed by atoms with Crippen molar-refractivity contribution < 1.29 is 18.6 Å². The highest BCUT2D eigenvalue weighted by atomic mass is 19.1. The second-order valence-electron chi connectivity index (χ2n) is 9.22. The van der Waals surface area contributed by atoms with E-state index in [2.05, 4.69) is 31.2 Å². The Bertz CT molecular complexity index is 1320. The van der Waals surface area contributed by atoms with Gasteiger partial charge in [-0.3, -0.25) is 4.98 Å². The van der Waals surface area contributed by atoms with Crippen molar-refractivity contribution in [2.24, 2.45) is 0 Å². The largest absolute Gasteiger partial charge is 0.508 e. The Morgan fingerprint density at radius 3 is 2.92 bits per heavy atom. The highest BCUT2D eigenvalue weighted by Gasteiger charge is 2.27. The minimum atomic E-state index is -0.827. The minimum absolute atomic E-state index is 0.0283. The molecule has 2 N–H and O–H groups in total. The zero-order chi connectivity index (χ0) is 25.2. The standard InChI is InChI=1S/C25H27F2N7O2/c1-33-9-2-3-16(33)14-36-25-31-23-19(24(32-25)34-10-8-29-15(13-34)6-7-28)12-30-22(21(23)27)18-11-17(35)4-5-20(18)26/h4-5,11-12,15-16,29,35H,2-3,6,8-10,13-14H2,1H3/t15-,16-/m0/s1. The summed E-state index contributed by atoms with van der Waals surface area (Å²) in [6.45, 7) is 3.06. The number of aromatic hydroxyl groups is 1. The van der Waals surface area contributed by atoms with Crippen LogP contribution in [0.4, 0.5) is 14.6 Å². The highest BCUT2D eigenvalue weighted by Crippen LogP contribution is 2.34. The number of pyridine rings is 1. The minimum Gasteiger partial charge on any atom is -0.508 e. The van der Waals surface area contributed by atoms with Gasteiger partial charge >= 0.3 is 6.01 Å². The van der Waals surface area contributed by atoms with Gasteiger partial charge in [-0.25, -0.2) is 8.78 Å². The van der Waals surface area contributed by atoms with Crippen LogP contribution in [0.15, 0.2) is 24.4 Å². The zero-order valence-corrected chi connectivity index (χ0v) is 19.9. The summed E-state index contributed by atoms with van der Waals surface area (Å²) in [4.78, 5) is 17.3. The van der Waals surface area contributed by atoms with Crippen molar-refractivity contribution in [3.8, 4) is 29.1 Å². The molecule has 2 atom stereocenters. The van der Waals surface area contributed by atoms with E-state index in [0.29, 0.717) is 43.9 Å². The van der Waals surface area contributed by atoms with Crippen LogP contribution in [-0.2, 0) is 0 Å². The smallest absolute Gasteiger partial charge is 0.319 e. The molecule has 2 saturated heterocycles. The molecule has 0 bridgehead atoms. The van der Waals surface area contributed by atoms with Crippen molar-refractivity contribution in [3.05, 3.63) is 36.0 Å². The molecule has 2 aliphatic rings. The molecule has 0 spiro atoms. The van der Waals surface area contributed by atoms with E-state index >= 15 is 4.39 Å². The number of fused-ring (bicyclic) bond motifs is 1. The third-order valence-corrected chi connectivity index (χ3v) is 6.82. The average molecular weight is 496 g/mol. The van der Waals surface area contributed by atoms with E-state index in [0.717, 1.165) is 31.5 Å². The van der Waals surface area contributed by atoms with Gasteiger partial charge in [0.05, 0.1) is 17.9 Å². The van der Waals surface area contributed by atoms with Crippen molar-refractivity contribution >= 4 is 16.7 Å². The van der Waals surface area contributed by atoms with Crippen LogP contribution in [0.5, 0.6) is 11.8 Å². The molecule has 2 aliphatic heterocycles. The number of aromatic nitrogens is 3. The molecule has 188 valence electrons. The Morgan fingerprint density at radius 1 is 1.28 bits per heavy atom. The van der Waals surface area contributed by atoms with Crippen LogP contribution in [0.25, 0.3) is 22.2 Å². The van der Waals surface area contributed by atoms with Gasteiger partial charge in [0.2, 0.25) is 0 Å². The first-order chi connectivity index (χ1) is 17.4. The number of rotatable bonds is 6. The van der Waals surface area contributed by atoms with E-state index in [-0.39, 0.29) is 40.6 Å². The number of anilines is 1. The van der Waals surface area contributed by atoms with Crippen LogP contribution in [0.2, 0.25) is 0 Å². The molecule has 2 fully saturated rings. The molecular formula is C25H27F2N7O2. The van der Waals surface area contributed by atoms with Crippen LogP contribution in [0.3, 0.4) is 0 Å². The van der Waals surface area contributed by atoms with Crippen molar-refractivity contribution in [3.63, 3.8) is 0 Å². The van der Waals surface area contributed by atoms with Crippen LogP contribution < -0.4 is 15.0 Å². The van der Waals surface area contributed by atoms with Crippen LogP contribution >= 0.6 is 0 Å². The SMILES string of the molecule is CN1CCC[C@H]1COc1nc(N2CCN[C@@H](CC#N)C2)c2cnc(-c3cc(O)ccc3F)c(F)c2n1. The Hall–Kier alpha value is -3.62. The fourth-order valence-corrected chi connectivity index (χ4v) is 4.84. The Kier molecular flexibility index (Phi) is 6.80. The lowest BCUT2D eigenvalue weighted by Gasteiger charge is -2.34. The van der Waals surface area contributed by atoms with E-state index in [1.165, 1.54) is 12.3 Å². The lowest BCUT2D eigenvalue weighted by Crippen LogP contribution is -2.51. The van der Waals surface area contributed by atoms with Gasteiger partial charge in [-0.1, -0.05) is 0 Å². The number of halogens is 2. The van der Waals surface area contributed by atoms with Crippen LogP contribution in [0, 0.1) is 23.0 Å². The summed E-state index contributed by atoms with van der Waals surface area (Å²) in [5.41, 5.74) is -0.469. The monoisotopic (exact) mass is 495 g/mol. The number of ether oxygens (including phenoxy) is 1. The summed E-state index contributed by atoms with van der Waals surface area (Å²) >= 11 is 0. The van der Waals surface area contributed by atoms with E-state index in [1.54, 1.807) is 0 Å². The molecule has 4 heterocycles. The normalized spacial score (nSPS) is 20.6. The van der Waals surface area contributed by atoms with Gasteiger partial charge in [-0.05, 0) is 44.6 Å². The molecule has 1 aromatic carbocycles. The van der Waals surface area contributed by atoms with Gasteiger partial charge in [-0.15, -0.1) is 0 Å². The number of nitriles is 1. The molecule has 0 amide bonds.